The van der Waals surface area contributed by atoms with Crippen molar-refractivity contribution in [2.24, 2.45) is 7.05 Å². The lowest BCUT2D eigenvalue weighted by Gasteiger charge is -2.19. The van der Waals surface area contributed by atoms with Gasteiger partial charge < -0.3 is 24.6 Å². The molecule has 1 aromatic heterocycles. The summed E-state index contributed by atoms with van der Waals surface area (Å²) in [6.45, 7) is 7.78. The maximum absolute atomic E-state index is 13.7. The van der Waals surface area contributed by atoms with Crippen LogP contribution in [-0.4, -0.2) is 27.0 Å². The fourth-order valence-electron chi connectivity index (χ4n) is 3.90. The highest BCUT2D eigenvalue weighted by atomic mass is 16.5. The van der Waals surface area contributed by atoms with Crippen LogP contribution in [0.5, 0.6) is 23.0 Å². The predicted molar refractivity (Wildman–Crippen MR) is 125 cm³/mol. The minimum Gasteiger partial charge on any atom is -0.507 e. The molecule has 6 nitrogen and oxygen atoms in total. The topological polar surface area (TPSA) is 91.9 Å². The zero-order valence-electron chi connectivity index (χ0n) is 18.8. The van der Waals surface area contributed by atoms with Gasteiger partial charge >= 0.3 is 0 Å². The van der Waals surface area contributed by atoms with E-state index in [0.717, 1.165) is 16.7 Å². The van der Waals surface area contributed by atoms with Crippen LogP contribution >= 0.6 is 0 Å². The lowest BCUT2D eigenvalue weighted by atomic mass is 9.97. The number of hydrogen-bond donors (Lipinski definition) is 3. The van der Waals surface area contributed by atoms with E-state index in [4.69, 9.17) is 4.74 Å². The van der Waals surface area contributed by atoms with Crippen molar-refractivity contribution in [3.05, 3.63) is 56.8 Å². The molecular formula is C25H29NO5. The summed E-state index contributed by atoms with van der Waals surface area (Å²) in [5, 5.41) is 32.9. The maximum atomic E-state index is 13.7. The molecule has 164 valence electrons. The zero-order chi connectivity index (χ0) is 23.0. The Hall–Kier alpha value is -3.41. The first-order valence-electron chi connectivity index (χ1n) is 10.1. The molecule has 0 saturated heterocycles. The van der Waals surface area contributed by atoms with Crippen LogP contribution in [0.4, 0.5) is 0 Å². The Labute approximate surface area is 181 Å². The van der Waals surface area contributed by atoms with Crippen molar-refractivity contribution in [1.82, 2.24) is 4.57 Å². The molecule has 31 heavy (non-hydrogen) atoms. The van der Waals surface area contributed by atoms with E-state index >= 15 is 0 Å². The highest BCUT2D eigenvalue weighted by Gasteiger charge is 2.26. The first-order chi connectivity index (χ1) is 14.6. The first-order valence-corrected chi connectivity index (χ1v) is 10.1. The van der Waals surface area contributed by atoms with Crippen LogP contribution in [0.1, 0.15) is 38.8 Å². The monoisotopic (exact) mass is 423 g/mol. The Morgan fingerprint density at radius 2 is 1.55 bits per heavy atom. The lowest BCUT2D eigenvalue weighted by Crippen LogP contribution is -2.13. The molecule has 0 amide bonds. The lowest BCUT2D eigenvalue weighted by molar-refractivity contribution is 0.370. The van der Waals surface area contributed by atoms with Gasteiger partial charge in [0, 0.05) is 12.6 Å². The number of aryl methyl sites for hydroxylation is 1. The van der Waals surface area contributed by atoms with E-state index in [-0.39, 0.29) is 45.9 Å². The minimum absolute atomic E-state index is 0.0610. The summed E-state index contributed by atoms with van der Waals surface area (Å²) in [5.74, 6) is -0.475. The number of aromatic hydroxyl groups is 3. The molecule has 0 aliphatic rings. The molecule has 6 heteroatoms. The second-order valence-electron chi connectivity index (χ2n) is 8.26. The van der Waals surface area contributed by atoms with Gasteiger partial charge in [-0.25, -0.2) is 0 Å². The molecule has 0 radical (unpaired) electrons. The van der Waals surface area contributed by atoms with E-state index in [1.165, 1.54) is 7.11 Å². The average molecular weight is 424 g/mol. The molecule has 3 N–H and O–H groups in total. The van der Waals surface area contributed by atoms with Crippen molar-refractivity contribution < 1.29 is 20.1 Å². The largest absolute Gasteiger partial charge is 0.507 e. The third-order valence-corrected chi connectivity index (χ3v) is 5.49. The molecule has 0 fully saturated rings. The Balaban J connectivity index is 2.58. The van der Waals surface area contributed by atoms with Crippen LogP contribution in [-0.2, 0) is 19.9 Å². The standard InChI is InChI=1S/C25H29NO5/c1-13(2)7-9-15-10-12-17(27)20-18(15)24(30)19-21(26(20)5)25(31-6)23(29)16(22(19)28)11-8-14(3)4/h7-8,10,12,27-29H,9,11H2,1-6H3. The summed E-state index contributed by atoms with van der Waals surface area (Å²) in [4.78, 5) is 13.7. The van der Waals surface area contributed by atoms with E-state index in [1.54, 1.807) is 23.7 Å². The van der Waals surface area contributed by atoms with Crippen molar-refractivity contribution in [1.29, 1.82) is 0 Å². The normalized spacial score (nSPS) is 11.0. The summed E-state index contributed by atoms with van der Waals surface area (Å²) in [6.07, 6.45) is 4.63. The van der Waals surface area contributed by atoms with Crippen molar-refractivity contribution in [2.75, 3.05) is 7.11 Å². The smallest absolute Gasteiger partial charge is 0.201 e. The predicted octanol–water partition coefficient (Wildman–Crippen LogP) is 4.83. The number of aromatic nitrogens is 1. The van der Waals surface area contributed by atoms with E-state index in [9.17, 15) is 20.1 Å². The summed E-state index contributed by atoms with van der Waals surface area (Å²) < 4.78 is 7.06. The highest BCUT2D eigenvalue weighted by molar-refractivity contribution is 6.04. The average Bonchev–Trinajstić information content (AvgIpc) is 2.70. The van der Waals surface area contributed by atoms with Crippen LogP contribution in [0.15, 0.2) is 40.2 Å². The van der Waals surface area contributed by atoms with Crippen molar-refractivity contribution in [2.45, 2.75) is 40.5 Å². The van der Waals surface area contributed by atoms with Crippen LogP contribution < -0.4 is 10.2 Å². The number of benzene rings is 2. The molecular weight excluding hydrogens is 394 g/mol. The van der Waals surface area contributed by atoms with Gasteiger partial charge in [-0.05, 0) is 52.2 Å². The van der Waals surface area contributed by atoms with Crippen LogP contribution in [0.3, 0.4) is 0 Å². The molecule has 0 bridgehead atoms. The van der Waals surface area contributed by atoms with Gasteiger partial charge in [0.15, 0.2) is 11.5 Å². The summed E-state index contributed by atoms with van der Waals surface area (Å²) >= 11 is 0. The second kappa shape index (κ2) is 8.38. The van der Waals surface area contributed by atoms with Gasteiger partial charge in [0.25, 0.3) is 0 Å². The number of hydrogen-bond acceptors (Lipinski definition) is 5. The minimum atomic E-state index is -0.412. The molecule has 3 aromatic rings. The first kappa shape index (κ1) is 22.3. The Morgan fingerprint density at radius 3 is 2.13 bits per heavy atom. The number of methoxy groups -OCH3 is 1. The summed E-state index contributed by atoms with van der Waals surface area (Å²) in [6, 6.07) is 3.28. The van der Waals surface area contributed by atoms with Crippen molar-refractivity contribution >= 4 is 21.8 Å². The Kier molecular flexibility index (Phi) is 6.02. The van der Waals surface area contributed by atoms with Gasteiger partial charge in [-0.15, -0.1) is 0 Å². The molecule has 1 heterocycles. The van der Waals surface area contributed by atoms with E-state index in [2.05, 4.69) is 0 Å². The van der Waals surface area contributed by atoms with Crippen molar-refractivity contribution in [3.63, 3.8) is 0 Å². The Bertz CT molecular complexity index is 1300. The van der Waals surface area contributed by atoms with E-state index < -0.39 is 5.43 Å². The molecule has 0 aliphatic carbocycles. The van der Waals surface area contributed by atoms with Gasteiger partial charge in [0.2, 0.25) is 5.43 Å². The molecule has 3 rings (SSSR count). The number of phenols is 3. The number of fused-ring (bicyclic) bond motifs is 2. The van der Waals surface area contributed by atoms with Gasteiger partial charge in [-0.1, -0.05) is 29.4 Å². The number of nitrogens with zero attached hydrogens (tertiary/aromatic N) is 1. The molecule has 0 aliphatic heterocycles. The van der Waals surface area contributed by atoms with Gasteiger partial charge in [0.05, 0.1) is 23.4 Å². The molecule has 2 aromatic carbocycles. The second-order valence-corrected chi connectivity index (χ2v) is 8.26. The van der Waals surface area contributed by atoms with Crippen LogP contribution in [0.2, 0.25) is 0 Å². The number of rotatable bonds is 5. The van der Waals surface area contributed by atoms with Gasteiger partial charge in [-0.2, -0.15) is 0 Å². The molecule has 0 unspecified atom stereocenters. The fraction of sp³-hybridized carbons (Fsp3) is 0.320. The van der Waals surface area contributed by atoms with Crippen LogP contribution in [0, 0.1) is 0 Å². The van der Waals surface area contributed by atoms with Crippen LogP contribution in [0.25, 0.3) is 21.8 Å². The number of pyridine rings is 1. The zero-order valence-corrected chi connectivity index (χ0v) is 18.8. The number of allylic oxidation sites excluding steroid dienone is 4. The van der Waals surface area contributed by atoms with Crippen molar-refractivity contribution in [3.8, 4) is 23.0 Å². The third-order valence-electron chi connectivity index (χ3n) is 5.49. The number of phenolic OH excluding ortho intramolecular Hbond substituents is 3. The summed E-state index contributed by atoms with van der Waals surface area (Å²) in [7, 11) is 3.07. The fourth-order valence-corrected chi connectivity index (χ4v) is 3.90. The molecule has 0 saturated carbocycles. The van der Waals surface area contributed by atoms with Gasteiger partial charge in [-0.3, -0.25) is 4.79 Å². The molecule has 0 spiro atoms. The van der Waals surface area contributed by atoms with Gasteiger partial charge in [0.1, 0.15) is 17.0 Å². The SMILES string of the molecule is COc1c(O)c(CC=C(C)C)c(O)c2c(=O)c3c(CC=C(C)C)ccc(O)c3n(C)c12. The summed E-state index contributed by atoms with van der Waals surface area (Å²) in [5.41, 5.74) is 3.24. The number of ether oxygens (including phenoxy) is 1. The van der Waals surface area contributed by atoms with E-state index in [1.807, 2.05) is 39.8 Å². The third kappa shape index (κ3) is 3.74. The quantitative estimate of drug-likeness (QED) is 0.404. The van der Waals surface area contributed by atoms with E-state index in [0.29, 0.717) is 17.3 Å². The Morgan fingerprint density at radius 1 is 0.935 bits per heavy atom. The molecule has 0 atom stereocenters. The highest BCUT2D eigenvalue weighted by Crippen LogP contribution is 2.45. The maximum Gasteiger partial charge on any atom is 0.201 e.